The quantitative estimate of drug-likeness (QED) is 0.757. The van der Waals surface area contributed by atoms with Crippen molar-refractivity contribution in [2.24, 2.45) is 0 Å². The van der Waals surface area contributed by atoms with Crippen molar-refractivity contribution in [3.63, 3.8) is 0 Å². The van der Waals surface area contributed by atoms with Crippen LogP contribution in [-0.2, 0) is 12.8 Å². The summed E-state index contributed by atoms with van der Waals surface area (Å²) >= 11 is 5.89. The fourth-order valence-corrected chi connectivity index (χ4v) is 2.51. The van der Waals surface area contributed by atoms with Gasteiger partial charge in [0.25, 0.3) is 0 Å². The first-order valence-corrected chi connectivity index (χ1v) is 6.17. The number of halogens is 1. The van der Waals surface area contributed by atoms with Gasteiger partial charge in [0.2, 0.25) is 0 Å². The molecule has 2 heteroatoms. The Hall–Kier alpha value is -1.21. The van der Waals surface area contributed by atoms with Crippen LogP contribution in [0.2, 0.25) is 5.02 Å². The number of hydrogen-bond acceptors (Lipinski definition) is 0. The van der Waals surface area contributed by atoms with E-state index in [-0.39, 0.29) is 0 Å². The standard InChI is InChI=1S/C14H14ClN/c15-12-7-5-10(6-8-12)14-9-11-3-1-2-4-13(11)16-14/h5-9,16H,1-4H2. The lowest BCUT2D eigenvalue weighted by atomic mass is 9.98. The summed E-state index contributed by atoms with van der Waals surface area (Å²) in [6.07, 6.45) is 5.06. The molecule has 0 saturated carbocycles. The Morgan fingerprint density at radius 3 is 2.50 bits per heavy atom. The maximum atomic E-state index is 5.89. The maximum absolute atomic E-state index is 5.89. The van der Waals surface area contributed by atoms with E-state index in [0.717, 1.165) is 5.02 Å². The van der Waals surface area contributed by atoms with Gasteiger partial charge in [-0.3, -0.25) is 0 Å². The third-order valence-corrected chi connectivity index (χ3v) is 3.52. The molecular formula is C14H14ClN. The second-order valence-corrected chi connectivity index (χ2v) is 4.84. The van der Waals surface area contributed by atoms with Crippen molar-refractivity contribution in [3.8, 4) is 11.3 Å². The molecule has 82 valence electrons. The van der Waals surface area contributed by atoms with Crippen LogP contribution >= 0.6 is 11.6 Å². The van der Waals surface area contributed by atoms with E-state index >= 15 is 0 Å². The predicted octanol–water partition coefficient (Wildman–Crippen LogP) is 4.21. The van der Waals surface area contributed by atoms with E-state index in [2.05, 4.69) is 23.2 Å². The number of aryl methyl sites for hydroxylation is 2. The molecule has 0 aliphatic heterocycles. The van der Waals surface area contributed by atoms with Crippen LogP contribution in [0.15, 0.2) is 30.3 Å². The Kier molecular flexibility index (Phi) is 2.49. The first-order chi connectivity index (χ1) is 7.83. The van der Waals surface area contributed by atoms with E-state index in [9.17, 15) is 0 Å². The molecule has 0 bridgehead atoms. The van der Waals surface area contributed by atoms with Crippen molar-refractivity contribution < 1.29 is 0 Å². The van der Waals surface area contributed by atoms with Gasteiger partial charge in [-0.05, 0) is 55.0 Å². The lowest BCUT2D eigenvalue weighted by Gasteiger charge is -2.09. The lowest BCUT2D eigenvalue weighted by Crippen LogP contribution is -1.99. The van der Waals surface area contributed by atoms with Gasteiger partial charge in [-0.1, -0.05) is 23.7 Å². The summed E-state index contributed by atoms with van der Waals surface area (Å²) < 4.78 is 0. The van der Waals surface area contributed by atoms with Gasteiger partial charge in [0.05, 0.1) is 0 Å². The van der Waals surface area contributed by atoms with Gasteiger partial charge in [0.15, 0.2) is 0 Å². The zero-order chi connectivity index (χ0) is 11.0. The maximum Gasteiger partial charge on any atom is 0.0458 e. The Bertz CT molecular complexity index is 472. The number of hydrogen-bond donors (Lipinski definition) is 1. The Labute approximate surface area is 100 Å². The molecule has 1 aromatic heterocycles. The molecule has 1 heterocycles. The van der Waals surface area contributed by atoms with Crippen molar-refractivity contribution in [2.75, 3.05) is 0 Å². The van der Waals surface area contributed by atoms with Crippen LogP contribution in [0.3, 0.4) is 0 Å². The molecule has 1 aliphatic carbocycles. The zero-order valence-corrected chi connectivity index (χ0v) is 9.85. The molecule has 3 rings (SSSR count). The summed E-state index contributed by atoms with van der Waals surface area (Å²) in [7, 11) is 0. The minimum atomic E-state index is 0.792. The van der Waals surface area contributed by atoms with Crippen molar-refractivity contribution >= 4 is 11.6 Å². The molecule has 0 atom stereocenters. The minimum Gasteiger partial charge on any atom is -0.358 e. The highest BCUT2D eigenvalue weighted by atomic mass is 35.5. The molecule has 0 amide bonds. The van der Waals surface area contributed by atoms with Gasteiger partial charge in [-0.25, -0.2) is 0 Å². The molecular weight excluding hydrogens is 218 g/mol. The van der Waals surface area contributed by atoms with Gasteiger partial charge >= 0.3 is 0 Å². The Morgan fingerprint density at radius 2 is 1.75 bits per heavy atom. The summed E-state index contributed by atoms with van der Waals surface area (Å²) in [4.78, 5) is 3.53. The summed E-state index contributed by atoms with van der Waals surface area (Å²) in [5.74, 6) is 0. The second-order valence-electron chi connectivity index (χ2n) is 4.40. The van der Waals surface area contributed by atoms with Crippen molar-refractivity contribution in [2.45, 2.75) is 25.7 Å². The van der Waals surface area contributed by atoms with Gasteiger partial charge in [-0.15, -0.1) is 0 Å². The fraction of sp³-hybridized carbons (Fsp3) is 0.286. The highest BCUT2D eigenvalue weighted by molar-refractivity contribution is 6.30. The third-order valence-electron chi connectivity index (χ3n) is 3.27. The van der Waals surface area contributed by atoms with Crippen LogP contribution in [0.4, 0.5) is 0 Å². The van der Waals surface area contributed by atoms with E-state index in [1.165, 1.54) is 48.2 Å². The van der Waals surface area contributed by atoms with Crippen LogP contribution < -0.4 is 0 Å². The molecule has 0 fully saturated rings. The molecule has 0 unspecified atom stereocenters. The number of H-pyrrole nitrogens is 1. The van der Waals surface area contributed by atoms with Gasteiger partial charge in [0, 0.05) is 16.4 Å². The molecule has 2 aromatic rings. The van der Waals surface area contributed by atoms with Gasteiger partial charge < -0.3 is 4.98 Å². The van der Waals surface area contributed by atoms with Gasteiger partial charge in [-0.2, -0.15) is 0 Å². The molecule has 0 radical (unpaired) electrons. The topological polar surface area (TPSA) is 15.8 Å². The second kappa shape index (κ2) is 3.99. The highest BCUT2D eigenvalue weighted by Gasteiger charge is 2.12. The van der Waals surface area contributed by atoms with Crippen LogP contribution in [0.5, 0.6) is 0 Å². The van der Waals surface area contributed by atoms with E-state index in [1.807, 2.05) is 12.1 Å². The zero-order valence-electron chi connectivity index (χ0n) is 9.09. The highest BCUT2D eigenvalue weighted by Crippen LogP contribution is 2.27. The van der Waals surface area contributed by atoms with Gasteiger partial charge in [0.1, 0.15) is 0 Å². The molecule has 0 saturated heterocycles. The molecule has 1 nitrogen and oxygen atoms in total. The first-order valence-electron chi connectivity index (χ1n) is 5.79. The SMILES string of the molecule is Clc1ccc(-c2cc3c([nH]2)CCCC3)cc1. The largest absolute Gasteiger partial charge is 0.358 e. The van der Waals surface area contributed by atoms with Crippen LogP contribution in [0, 0.1) is 0 Å². The summed E-state index contributed by atoms with van der Waals surface area (Å²) in [6, 6.07) is 10.3. The summed E-state index contributed by atoms with van der Waals surface area (Å²) in [5, 5.41) is 0.792. The average molecular weight is 232 g/mol. The summed E-state index contributed by atoms with van der Waals surface area (Å²) in [6.45, 7) is 0. The number of nitrogens with one attached hydrogen (secondary N) is 1. The smallest absolute Gasteiger partial charge is 0.0458 e. The molecule has 1 aliphatic rings. The number of fused-ring (bicyclic) bond motifs is 1. The van der Waals surface area contributed by atoms with Crippen molar-refractivity contribution in [3.05, 3.63) is 46.6 Å². The lowest BCUT2D eigenvalue weighted by molar-refractivity contribution is 0.677. The molecule has 1 aromatic carbocycles. The number of benzene rings is 1. The number of aromatic nitrogens is 1. The van der Waals surface area contributed by atoms with Crippen LogP contribution in [0.25, 0.3) is 11.3 Å². The normalized spacial score (nSPS) is 14.8. The molecule has 16 heavy (non-hydrogen) atoms. The van der Waals surface area contributed by atoms with E-state index in [4.69, 9.17) is 11.6 Å². The third kappa shape index (κ3) is 1.76. The van der Waals surface area contributed by atoms with Crippen LogP contribution in [-0.4, -0.2) is 4.98 Å². The molecule has 0 spiro atoms. The fourth-order valence-electron chi connectivity index (χ4n) is 2.39. The van der Waals surface area contributed by atoms with Crippen molar-refractivity contribution in [1.29, 1.82) is 0 Å². The number of aromatic amines is 1. The molecule has 1 N–H and O–H groups in total. The minimum absolute atomic E-state index is 0.792. The monoisotopic (exact) mass is 231 g/mol. The van der Waals surface area contributed by atoms with E-state index in [0.29, 0.717) is 0 Å². The van der Waals surface area contributed by atoms with E-state index < -0.39 is 0 Å². The van der Waals surface area contributed by atoms with Crippen molar-refractivity contribution in [1.82, 2.24) is 4.98 Å². The summed E-state index contributed by atoms with van der Waals surface area (Å²) in [5.41, 5.74) is 5.37. The van der Waals surface area contributed by atoms with Crippen LogP contribution in [0.1, 0.15) is 24.1 Å². The van der Waals surface area contributed by atoms with E-state index in [1.54, 1.807) is 0 Å². The average Bonchev–Trinajstić information content (AvgIpc) is 2.73. The Balaban J connectivity index is 2.00. The predicted molar refractivity (Wildman–Crippen MR) is 67.9 cm³/mol. The number of rotatable bonds is 1. The first kappa shape index (κ1) is 9.98. The Morgan fingerprint density at radius 1 is 1.00 bits per heavy atom.